The SMILES string of the molecule is COc1cccc([C@H](O)CNC(=O)[C@H]2CCC[C@@H](C)C2)c1. The van der Waals surface area contributed by atoms with Gasteiger partial charge in [-0.2, -0.15) is 0 Å². The minimum Gasteiger partial charge on any atom is -0.497 e. The van der Waals surface area contributed by atoms with Gasteiger partial charge in [-0.1, -0.05) is 31.9 Å². The summed E-state index contributed by atoms with van der Waals surface area (Å²) in [6.45, 7) is 2.45. The van der Waals surface area contributed by atoms with E-state index in [9.17, 15) is 9.90 Å². The van der Waals surface area contributed by atoms with E-state index in [0.717, 1.165) is 24.8 Å². The van der Waals surface area contributed by atoms with Crippen LogP contribution in [-0.4, -0.2) is 24.7 Å². The van der Waals surface area contributed by atoms with Crippen LogP contribution in [0.5, 0.6) is 5.75 Å². The molecule has 116 valence electrons. The summed E-state index contributed by atoms with van der Waals surface area (Å²) in [5.41, 5.74) is 0.756. The summed E-state index contributed by atoms with van der Waals surface area (Å²) in [6.07, 6.45) is 3.56. The van der Waals surface area contributed by atoms with Crippen molar-refractivity contribution in [2.75, 3.05) is 13.7 Å². The van der Waals surface area contributed by atoms with Gasteiger partial charge in [0.05, 0.1) is 13.2 Å². The Morgan fingerprint density at radius 3 is 3.00 bits per heavy atom. The molecule has 4 nitrogen and oxygen atoms in total. The number of benzene rings is 1. The van der Waals surface area contributed by atoms with Crippen LogP contribution in [0.4, 0.5) is 0 Å². The minimum absolute atomic E-state index is 0.0727. The highest BCUT2D eigenvalue weighted by Gasteiger charge is 2.25. The zero-order valence-electron chi connectivity index (χ0n) is 12.8. The highest BCUT2D eigenvalue weighted by Crippen LogP contribution is 2.28. The summed E-state index contributed by atoms with van der Waals surface area (Å²) >= 11 is 0. The molecule has 1 aliphatic carbocycles. The standard InChI is InChI=1S/C17H25NO3/c1-12-5-3-7-14(9-12)17(20)18-11-16(19)13-6-4-8-15(10-13)21-2/h4,6,8,10,12,14,16,19H,3,5,7,9,11H2,1-2H3,(H,18,20)/t12-,14+,16-/m1/s1. The molecule has 2 N–H and O–H groups in total. The van der Waals surface area contributed by atoms with Gasteiger partial charge >= 0.3 is 0 Å². The van der Waals surface area contributed by atoms with Crippen LogP contribution in [-0.2, 0) is 4.79 Å². The minimum atomic E-state index is -0.704. The largest absolute Gasteiger partial charge is 0.497 e. The van der Waals surface area contributed by atoms with Crippen molar-refractivity contribution in [3.8, 4) is 5.75 Å². The van der Waals surface area contributed by atoms with E-state index in [-0.39, 0.29) is 18.4 Å². The lowest BCUT2D eigenvalue weighted by molar-refractivity contribution is -0.126. The van der Waals surface area contributed by atoms with Gasteiger partial charge in [0.2, 0.25) is 5.91 Å². The number of methoxy groups -OCH3 is 1. The van der Waals surface area contributed by atoms with E-state index >= 15 is 0 Å². The summed E-state index contributed by atoms with van der Waals surface area (Å²) in [7, 11) is 1.59. The van der Waals surface area contributed by atoms with Crippen LogP contribution in [0, 0.1) is 11.8 Å². The Balaban J connectivity index is 1.85. The highest BCUT2D eigenvalue weighted by molar-refractivity contribution is 5.78. The van der Waals surface area contributed by atoms with Crippen molar-refractivity contribution in [3.05, 3.63) is 29.8 Å². The van der Waals surface area contributed by atoms with E-state index in [1.807, 2.05) is 18.2 Å². The van der Waals surface area contributed by atoms with Crippen molar-refractivity contribution >= 4 is 5.91 Å². The first-order valence-corrected chi connectivity index (χ1v) is 7.70. The maximum atomic E-state index is 12.2. The average molecular weight is 291 g/mol. The smallest absolute Gasteiger partial charge is 0.223 e. The normalized spacial score (nSPS) is 23.4. The number of carbonyl (C=O) groups excluding carboxylic acids is 1. The number of ether oxygens (including phenoxy) is 1. The Hall–Kier alpha value is -1.55. The molecule has 0 aromatic heterocycles. The fourth-order valence-corrected chi connectivity index (χ4v) is 2.98. The number of aliphatic hydroxyl groups excluding tert-OH is 1. The van der Waals surface area contributed by atoms with Crippen LogP contribution in [0.1, 0.15) is 44.3 Å². The van der Waals surface area contributed by atoms with Crippen LogP contribution < -0.4 is 10.1 Å². The molecule has 1 saturated carbocycles. The monoisotopic (exact) mass is 291 g/mol. The molecule has 21 heavy (non-hydrogen) atoms. The Morgan fingerprint density at radius 2 is 2.29 bits per heavy atom. The lowest BCUT2D eigenvalue weighted by Gasteiger charge is -2.26. The molecule has 1 amide bonds. The summed E-state index contributed by atoms with van der Waals surface area (Å²) in [4.78, 5) is 12.2. The van der Waals surface area contributed by atoms with Gasteiger partial charge in [-0.3, -0.25) is 4.79 Å². The number of hydrogen-bond acceptors (Lipinski definition) is 3. The van der Waals surface area contributed by atoms with E-state index in [4.69, 9.17) is 4.74 Å². The van der Waals surface area contributed by atoms with Crippen LogP contribution >= 0.6 is 0 Å². The second-order valence-corrected chi connectivity index (χ2v) is 6.01. The molecular formula is C17H25NO3. The van der Waals surface area contributed by atoms with Gasteiger partial charge in [-0.25, -0.2) is 0 Å². The van der Waals surface area contributed by atoms with Gasteiger partial charge in [0.15, 0.2) is 0 Å². The van der Waals surface area contributed by atoms with Crippen LogP contribution in [0.3, 0.4) is 0 Å². The molecule has 0 spiro atoms. The van der Waals surface area contributed by atoms with E-state index in [1.165, 1.54) is 6.42 Å². The number of carbonyl (C=O) groups is 1. The summed E-state index contributed by atoms with van der Waals surface area (Å²) in [5.74, 6) is 1.51. The van der Waals surface area contributed by atoms with Crippen LogP contribution in [0.2, 0.25) is 0 Å². The Labute approximate surface area is 126 Å². The first-order valence-electron chi connectivity index (χ1n) is 7.70. The van der Waals surface area contributed by atoms with E-state index < -0.39 is 6.10 Å². The quantitative estimate of drug-likeness (QED) is 0.877. The van der Waals surface area contributed by atoms with Gasteiger partial charge in [0.25, 0.3) is 0 Å². The van der Waals surface area contributed by atoms with E-state index in [0.29, 0.717) is 11.7 Å². The van der Waals surface area contributed by atoms with Crippen molar-refractivity contribution in [2.45, 2.75) is 38.7 Å². The lowest BCUT2D eigenvalue weighted by atomic mass is 9.82. The Kier molecular flexibility index (Phi) is 5.62. The maximum absolute atomic E-state index is 12.2. The molecule has 0 radical (unpaired) electrons. The summed E-state index contributed by atoms with van der Waals surface area (Å²) < 4.78 is 5.14. The molecule has 0 heterocycles. The van der Waals surface area contributed by atoms with Crippen molar-refractivity contribution in [2.24, 2.45) is 11.8 Å². The van der Waals surface area contributed by atoms with Gasteiger partial charge in [0, 0.05) is 12.5 Å². The number of amides is 1. The van der Waals surface area contributed by atoms with Crippen molar-refractivity contribution in [1.29, 1.82) is 0 Å². The molecule has 3 atom stereocenters. The predicted molar refractivity (Wildman–Crippen MR) is 82.1 cm³/mol. The topological polar surface area (TPSA) is 58.6 Å². The molecule has 1 aromatic rings. The Morgan fingerprint density at radius 1 is 1.48 bits per heavy atom. The maximum Gasteiger partial charge on any atom is 0.223 e. The van der Waals surface area contributed by atoms with Gasteiger partial charge < -0.3 is 15.2 Å². The predicted octanol–water partition coefficient (Wildman–Crippen LogP) is 2.67. The third-order valence-electron chi connectivity index (χ3n) is 4.26. The molecule has 1 aromatic carbocycles. The van der Waals surface area contributed by atoms with Gasteiger partial charge in [-0.05, 0) is 36.5 Å². The first kappa shape index (κ1) is 15.8. The lowest BCUT2D eigenvalue weighted by Crippen LogP contribution is -2.35. The zero-order chi connectivity index (χ0) is 15.2. The number of nitrogens with one attached hydrogen (secondary N) is 1. The van der Waals surface area contributed by atoms with Crippen molar-refractivity contribution in [3.63, 3.8) is 0 Å². The molecule has 2 rings (SSSR count). The number of aliphatic hydroxyl groups is 1. The zero-order valence-corrected chi connectivity index (χ0v) is 12.8. The van der Waals surface area contributed by atoms with E-state index in [1.54, 1.807) is 13.2 Å². The second-order valence-electron chi connectivity index (χ2n) is 6.01. The number of rotatable bonds is 5. The van der Waals surface area contributed by atoms with Crippen LogP contribution in [0.15, 0.2) is 24.3 Å². The van der Waals surface area contributed by atoms with Gasteiger partial charge in [-0.15, -0.1) is 0 Å². The van der Waals surface area contributed by atoms with Crippen LogP contribution in [0.25, 0.3) is 0 Å². The Bertz CT molecular complexity index is 475. The molecule has 1 aliphatic rings. The fourth-order valence-electron chi connectivity index (χ4n) is 2.98. The van der Waals surface area contributed by atoms with E-state index in [2.05, 4.69) is 12.2 Å². The second kappa shape index (κ2) is 7.46. The molecular weight excluding hydrogens is 266 g/mol. The molecule has 0 bridgehead atoms. The molecule has 4 heteroatoms. The molecule has 0 unspecified atom stereocenters. The average Bonchev–Trinajstić information content (AvgIpc) is 2.52. The summed E-state index contributed by atoms with van der Waals surface area (Å²) in [6, 6.07) is 7.29. The number of hydrogen-bond donors (Lipinski definition) is 2. The summed E-state index contributed by atoms with van der Waals surface area (Å²) in [5, 5.41) is 13.0. The van der Waals surface area contributed by atoms with Gasteiger partial charge in [0.1, 0.15) is 5.75 Å². The molecule has 0 saturated heterocycles. The van der Waals surface area contributed by atoms with Crippen molar-refractivity contribution < 1.29 is 14.6 Å². The van der Waals surface area contributed by atoms with Crippen molar-refractivity contribution in [1.82, 2.24) is 5.32 Å². The highest BCUT2D eigenvalue weighted by atomic mass is 16.5. The molecule has 0 aliphatic heterocycles. The first-order chi connectivity index (χ1) is 10.1. The molecule has 1 fully saturated rings. The third kappa shape index (κ3) is 4.46. The fraction of sp³-hybridized carbons (Fsp3) is 0.588. The third-order valence-corrected chi connectivity index (χ3v) is 4.26.